The predicted octanol–water partition coefficient (Wildman–Crippen LogP) is 4.53. The van der Waals surface area contributed by atoms with Crippen LogP contribution in [0.25, 0.3) is 0 Å². The average Bonchev–Trinajstić information content (AvgIpc) is 3.11. The molecule has 6 nitrogen and oxygen atoms in total. The van der Waals surface area contributed by atoms with E-state index in [1.54, 1.807) is 43.3 Å². The number of benzene rings is 2. The molecule has 1 atom stereocenters. The molecular formula is C21H18F3N5O. The van der Waals surface area contributed by atoms with Crippen LogP contribution in [0.4, 0.5) is 24.8 Å². The Bertz CT molecular complexity index is 1140. The van der Waals surface area contributed by atoms with Crippen LogP contribution in [0.15, 0.2) is 65.9 Å². The first-order valence-corrected chi connectivity index (χ1v) is 9.18. The number of para-hydroxylation sites is 1. The second-order valence-corrected chi connectivity index (χ2v) is 7.00. The molecule has 1 aliphatic rings. The fourth-order valence-corrected chi connectivity index (χ4v) is 3.43. The molecule has 1 aromatic heterocycles. The molecule has 3 aromatic rings. The number of anilines is 2. The quantitative estimate of drug-likeness (QED) is 0.662. The molecule has 4 rings (SSSR count). The van der Waals surface area contributed by atoms with Crippen LogP contribution in [0.5, 0.6) is 0 Å². The normalized spacial score (nSPS) is 16.1. The van der Waals surface area contributed by atoms with E-state index in [0.29, 0.717) is 16.9 Å². The van der Waals surface area contributed by atoms with Crippen LogP contribution in [-0.4, -0.2) is 20.7 Å². The summed E-state index contributed by atoms with van der Waals surface area (Å²) in [6, 6.07) is 15.2. The lowest BCUT2D eigenvalue weighted by atomic mass is 9.94. The number of nitrogens with one attached hydrogen (secondary N) is 2. The van der Waals surface area contributed by atoms with E-state index < -0.39 is 23.9 Å². The molecule has 0 unspecified atom stereocenters. The number of hydrogen-bond donors (Lipinski definition) is 2. The van der Waals surface area contributed by atoms with Gasteiger partial charge >= 0.3 is 6.18 Å². The molecule has 2 N–H and O–H groups in total. The summed E-state index contributed by atoms with van der Waals surface area (Å²) in [5.74, 6) is -1.77. The van der Waals surface area contributed by atoms with Gasteiger partial charge < -0.3 is 10.6 Å². The van der Waals surface area contributed by atoms with E-state index in [2.05, 4.69) is 20.7 Å². The first kappa shape index (κ1) is 19.7. The minimum atomic E-state index is -4.70. The van der Waals surface area contributed by atoms with Crippen molar-refractivity contribution in [2.24, 2.45) is 0 Å². The summed E-state index contributed by atoms with van der Waals surface area (Å²) in [6.45, 7) is 3.50. The van der Waals surface area contributed by atoms with E-state index in [-0.39, 0.29) is 11.5 Å². The average molecular weight is 413 g/mol. The lowest BCUT2D eigenvalue weighted by molar-refractivity contribution is -0.145. The molecule has 0 bridgehead atoms. The Hall–Kier alpha value is -3.62. The number of halogens is 3. The van der Waals surface area contributed by atoms with Gasteiger partial charge in [-0.15, -0.1) is 5.10 Å². The van der Waals surface area contributed by atoms with Gasteiger partial charge in [0.15, 0.2) is 0 Å². The van der Waals surface area contributed by atoms with E-state index in [1.807, 2.05) is 25.1 Å². The Morgan fingerprint density at radius 2 is 1.83 bits per heavy atom. The van der Waals surface area contributed by atoms with Crippen LogP contribution in [-0.2, 0) is 11.0 Å². The molecule has 30 heavy (non-hydrogen) atoms. The minimum absolute atomic E-state index is 0.0670. The molecule has 1 amide bonds. The maximum atomic E-state index is 13.2. The van der Waals surface area contributed by atoms with E-state index in [9.17, 15) is 18.0 Å². The SMILES string of the molecule is CC1=C(C(=O)Nc2ccccc2)[C@H](c2cccc(C)c2)n2nc(C(F)(F)F)nc2N1. The fraction of sp³-hybridized carbons (Fsp3) is 0.190. The number of fused-ring (bicyclic) bond motifs is 1. The van der Waals surface area contributed by atoms with Crippen LogP contribution in [0, 0.1) is 6.92 Å². The van der Waals surface area contributed by atoms with Gasteiger partial charge in [-0.25, -0.2) is 4.68 Å². The first-order chi connectivity index (χ1) is 14.2. The van der Waals surface area contributed by atoms with E-state index in [0.717, 1.165) is 10.2 Å². The third kappa shape index (κ3) is 3.66. The van der Waals surface area contributed by atoms with Gasteiger partial charge in [0, 0.05) is 11.4 Å². The van der Waals surface area contributed by atoms with Crippen LogP contribution in [0.2, 0.25) is 0 Å². The van der Waals surface area contributed by atoms with Gasteiger partial charge in [0.2, 0.25) is 5.95 Å². The van der Waals surface area contributed by atoms with Crippen molar-refractivity contribution in [1.29, 1.82) is 0 Å². The first-order valence-electron chi connectivity index (χ1n) is 9.18. The summed E-state index contributed by atoms with van der Waals surface area (Å²) in [6.07, 6.45) is -4.70. The number of alkyl halides is 3. The molecule has 2 aromatic carbocycles. The highest BCUT2D eigenvalue weighted by Gasteiger charge is 2.41. The number of allylic oxidation sites excluding steroid dienone is 1. The summed E-state index contributed by atoms with van der Waals surface area (Å²) < 4.78 is 40.9. The van der Waals surface area contributed by atoms with Crippen molar-refractivity contribution in [1.82, 2.24) is 14.8 Å². The Morgan fingerprint density at radius 3 is 2.50 bits per heavy atom. The molecule has 154 valence electrons. The van der Waals surface area contributed by atoms with Gasteiger partial charge in [-0.3, -0.25) is 4.79 Å². The lowest BCUT2D eigenvalue weighted by Gasteiger charge is -2.29. The second kappa shape index (κ2) is 7.33. The van der Waals surface area contributed by atoms with Crippen molar-refractivity contribution in [3.05, 3.63) is 82.8 Å². The zero-order valence-electron chi connectivity index (χ0n) is 16.2. The van der Waals surface area contributed by atoms with E-state index >= 15 is 0 Å². The monoisotopic (exact) mass is 413 g/mol. The van der Waals surface area contributed by atoms with Crippen molar-refractivity contribution in [2.75, 3.05) is 10.6 Å². The van der Waals surface area contributed by atoms with Crippen molar-refractivity contribution in [2.45, 2.75) is 26.1 Å². The van der Waals surface area contributed by atoms with Crippen molar-refractivity contribution < 1.29 is 18.0 Å². The molecule has 9 heteroatoms. The third-order valence-electron chi connectivity index (χ3n) is 4.74. The lowest BCUT2D eigenvalue weighted by Crippen LogP contribution is -2.31. The van der Waals surface area contributed by atoms with Crippen LogP contribution in [0.1, 0.15) is 29.9 Å². The molecule has 0 fully saturated rings. The molecule has 0 aliphatic carbocycles. The highest BCUT2D eigenvalue weighted by Crippen LogP contribution is 2.38. The van der Waals surface area contributed by atoms with Crippen LogP contribution in [0.3, 0.4) is 0 Å². The highest BCUT2D eigenvalue weighted by molar-refractivity contribution is 6.06. The smallest absolute Gasteiger partial charge is 0.328 e. The number of aromatic nitrogens is 3. The summed E-state index contributed by atoms with van der Waals surface area (Å²) in [4.78, 5) is 16.8. The summed E-state index contributed by atoms with van der Waals surface area (Å²) in [5, 5.41) is 9.28. The standard InChI is InChI=1S/C21H18F3N5O/c1-12-7-6-8-14(11-12)17-16(18(30)26-15-9-4-3-5-10-15)13(2)25-20-27-19(21(22,23)24)28-29(17)20/h3-11,17H,1-2H3,(H,26,30)(H,25,27,28)/t17-/m0/s1. The third-order valence-corrected chi connectivity index (χ3v) is 4.74. The van der Waals surface area contributed by atoms with Gasteiger partial charge in [-0.05, 0) is 31.5 Å². The molecule has 0 saturated carbocycles. The number of carbonyl (C=O) groups excluding carboxylic acids is 1. The predicted molar refractivity (Wildman–Crippen MR) is 106 cm³/mol. The summed E-state index contributed by atoms with van der Waals surface area (Å²) in [7, 11) is 0. The largest absolute Gasteiger partial charge is 0.453 e. The minimum Gasteiger partial charge on any atom is -0.328 e. The van der Waals surface area contributed by atoms with Gasteiger partial charge in [-0.1, -0.05) is 48.0 Å². The highest BCUT2D eigenvalue weighted by atomic mass is 19.4. The zero-order chi connectivity index (χ0) is 21.5. The topological polar surface area (TPSA) is 71.8 Å². The number of nitrogens with zero attached hydrogens (tertiary/aromatic N) is 3. The maximum Gasteiger partial charge on any atom is 0.453 e. The number of carbonyl (C=O) groups is 1. The second-order valence-electron chi connectivity index (χ2n) is 7.00. The summed E-state index contributed by atoms with van der Waals surface area (Å²) in [5.41, 5.74) is 2.78. The molecule has 0 spiro atoms. The molecule has 2 heterocycles. The zero-order valence-corrected chi connectivity index (χ0v) is 16.2. The maximum absolute atomic E-state index is 13.2. The number of aryl methyl sites for hydroxylation is 1. The Morgan fingerprint density at radius 1 is 1.10 bits per heavy atom. The molecule has 0 radical (unpaired) electrons. The van der Waals surface area contributed by atoms with Crippen molar-refractivity contribution in [3.8, 4) is 0 Å². The van der Waals surface area contributed by atoms with Crippen LogP contribution < -0.4 is 10.6 Å². The van der Waals surface area contributed by atoms with E-state index in [1.165, 1.54) is 0 Å². The Kier molecular flexibility index (Phi) is 4.81. The van der Waals surface area contributed by atoms with Crippen molar-refractivity contribution >= 4 is 17.5 Å². The Balaban J connectivity index is 1.83. The molecular weight excluding hydrogens is 395 g/mol. The van der Waals surface area contributed by atoms with Gasteiger partial charge in [-0.2, -0.15) is 18.2 Å². The number of rotatable bonds is 3. The van der Waals surface area contributed by atoms with E-state index in [4.69, 9.17) is 0 Å². The van der Waals surface area contributed by atoms with Gasteiger partial charge in [0.25, 0.3) is 11.7 Å². The number of hydrogen-bond acceptors (Lipinski definition) is 4. The molecule has 0 saturated heterocycles. The fourth-order valence-electron chi connectivity index (χ4n) is 3.43. The van der Waals surface area contributed by atoms with Crippen LogP contribution >= 0.6 is 0 Å². The Labute approximate surface area is 170 Å². The van der Waals surface area contributed by atoms with Gasteiger partial charge in [0.1, 0.15) is 6.04 Å². The van der Waals surface area contributed by atoms with Gasteiger partial charge in [0.05, 0.1) is 5.57 Å². The van der Waals surface area contributed by atoms with Crippen molar-refractivity contribution in [3.63, 3.8) is 0 Å². The number of amides is 1. The molecule has 1 aliphatic heterocycles. The summed E-state index contributed by atoms with van der Waals surface area (Å²) >= 11 is 0.